The monoisotopic (exact) mass is 396 g/mol. The molecule has 0 aromatic heterocycles. The van der Waals surface area contributed by atoms with Gasteiger partial charge < -0.3 is 34.4 Å². The van der Waals surface area contributed by atoms with Gasteiger partial charge in [0, 0.05) is 32.7 Å². The molecule has 1 aromatic carbocycles. The lowest BCUT2D eigenvalue weighted by molar-refractivity contribution is -0.274. The van der Waals surface area contributed by atoms with Crippen LogP contribution in [-0.4, -0.2) is 109 Å². The molecule has 0 amide bonds. The number of carbonyl (C=O) groups excluding carboxylic acids is 1. The molecule has 2 aliphatic heterocycles. The van der Waals surface area contributed by atoms with Gasteiger partial charge in [-0.25, -0.2) is 4.79 Å². The number of likely N-dealkylation sites (N-methyl/N-ethyl adjacent to an activating group) is 1. The number of nitrogens with zero attached hydrogens (tertiary/aromatic N) is 2. The molecule has 5 atom stereocenters. The lowest BCUT2D eigenvalue weighted by atomic mass is 9.98. The largest absolute Gasteiger partial charge is 0.465 e. The maximum atomic E-state index is 11.5. The Morgan fingerprint density at radius 2 is 1.71 bits per heavy atom. The van der Waals surface area contributed by atoms with Gasteiger partial charge in [0.2, 0.25) is 6.29 Å². The number of piperazine rings is 1. The predicted molar refractivity (Wildman–Crippen MR) is 99.0 cm³/mol. The zero-order valence-electron chi connectivity index (χ0n) is 16.1. The van der Waals surface area contributed by atoms with Crippen LogP contribution in [0.3, 0.4) is 0 Å². The molecule has 0 spiro atoms. The van der Waals surface area contributed by atoms with E-state index < -0.39 is 36.7 Å². The highest BCUT2D eigenvalue weighted by Gasteiger charge is 2.45. The second-order valence-corrected chi connectivity index (χ2v) is 7.25. The minimum absolute atomic E-state index is 0.360. The molecule has 0 aliphatic carbocycles. The topological polar surface area (TPSA) is 112 Å². The number of benzene rings is 1. The summed E-state index contributed by atoms with van der Waals surface area (Å²) in [5, 5.41) is 30.8. The lowest BCUT2D eigenvalue weighted by Gasteiger charge is -2.43. The first-order valence-corrected chi connectivity index (χ1v) is 9.34. The average Bonchev–Trinajstić information content (AvgIpc) is 2.71. The fourth-order valence-electron chi connectivity index (χ4n) is 3.37. The number of ether oxygens (including phenoxy) is 3. The van der Waals surface area contributed by atoms with Crippen LogP contribution in [0.25, 0.3) is 0 Å². The van der Waals surface area contributed by atoms with Crippen LogP contribution < -0.4 is 4.74 Å². The summed E-state index contributed by atoms with van der Waals surface area (Å²) in [6.45, 7) is 3.94. The highest BCUT2D eigenvalue weighted by Crippen LogP contribution is 2.25. The van der Waals surface area contributed by atoms with Gasteiger partial charge in [-0.15, -0.1) is 0 Å². The van der Waals surface area contributed by atoms with E-state index in [2.05, 4.69) is 21.6 Å². The molecule has 28 heavy (non-hydrogen) atoms. The Balaban J connectivity index is 1.64. The molecule has 156 valence electrons. The molecule has 1 aromatic rings. The van der Waals surface area contributed by atoms with Crippen LogP contribution >= 0.6 is 0 Å². The fraction of sp³-hybridized carbons (Fsp3) is 0.632. The van der Waals surface area contributed by atoms with Crippen molar-refractivity contribution < 1.29 is 34.3 Å². The third-order valence-corrected chi connectivity index (χ3v) is 5.23. The van der Waals surface area contributed by atoms with Gasteiger partial charge in [0.1, 0.15) is 30.2 Å². The number of hydrogen-bond acceptors (Lipinski definition) is 9. The summed E-state index contributed by atoms with van der Waals surface area (Å²) in [7, 11) is 3.35. The molecule has 9 heteroatoms. The molecular formula is C19H28N2O7. The Bertz CT molecular complexity index is 648. The first kappa shape index (κ1) is 21.0. The van der Waals surface area contributed by atoms with Crippen LogP contribution in [-0.2, 0) is 9.47 Å². The van der Waals surface area contributed by atoms with E-state index in [1.807, 2.05) is 0 Å². The number of esters is 1. The minimum atomic E-state index is -1.40. The van der Waals surface area contributed by atoms with Gasteiger partial charge in [-0.1, -0.05) is 0 Å². The van der Waals surface area contributed by atoms with Crippen molar-refractivity contribution in [3.8, 4) is 5.75 Å². The molecule has 2 heterocycles. The Kier molecular flexibility index (Phi) is 6.86. The van der Waals surface area contributed by atoms with Crippen LogP contribution in [0.15, 0.2) is 24.3 Å². The maximum Gasteiger partial charge on any atom is 0.337 e. The quantitative estimate of drug-likeness (QED) is 0.534. The molecule has 3 N–H and O–H groups in total. The van der Waals surface area contributed by atoms with E-state index >= 15 is 0 Å². The van der Waals surface area contributed by atoms with Gasteiger partial charge in [0.15, 0.2) is 0 Å². The van der Waals surface area contributed by atoms with Crippen molar-refractivity contribution in [2.45, 2.75) is 30.7 Å². The van der Waals surface area contributed by atoms with Gasteiger partial charge in [-0.3, -0.25) is 4.90 Å². The molecule has 1 unspecified atom stereocenters. The molecule has 2 aliphatic rings. The first-order chi connectivity index (χ1) is 13.4. The third kappa shape index (κ3) is 4.80. The molecule has 9 nitrogen and oxygen atoms in total. The highest BCUT2D eigenvalue weighted by atomic mass is 16.7. The molecule has 0 saturated carbocycles. The van der Waals surface area contributed by atoms with E-state index in [-0.39, 0.29) is 0 Å². The minimum Gasteiger partial charge on any atom is -0.465 e. The summed E-state index contributed by atoms with van der Waals surface area (Å²) in [6, 6.07) is 6.16. The van der Waals surface area contributed by atoms with Crippen LogP contribution in [0, 0.1) is 0 Å². The normalized spacial score (nSPS) is 32.1. The number of hydrogen-bond donors (Lipinski definition) is 3. The van der Waals surface area contributed by atoms with Gasteiger partial charge >= 0.3 is 5.97 Å². The van der Waals surface area contributed by atoms with E-state index in [9.17, 15) is 20.1 Å². The number of aliphatic hydroxyl groups is 3. The van der Waals surface area contributed by atoms with Crippen molar-refractivity contribution in [3.63, 3.8) is 0 Å². The second-order valence-electron chi connectivity index (χ2n) is 7.25. The highest BCUT2D eigenvalue weighted by molar-refractivity contribution is 5.89. The first-order valence-electron chi connectivity index (χ1n) is 9.34. The lowest BCUT2D eigenvalue weighted by Crippen LogP contribution is -2.62. The SMILES string of the molecule is COC(=O)c1ccc(OC2O[C@H](CN3CCN(C)CC3)[C@@H](O)[C@H](O)[C@@H]2O)cc1. The molecule has 3 rings (SSSR count). The Hall–Kier alpha value is -1.75. The number of rotatable bonds is 5. The second kappa shape index (κ2) is 9.17. The molecular weight excluding hydrogens is 368 g/mol. The molecule has 0 bridgehead atoms. The number of aliphatic hydroxyl groups excluding tert-OH is 3. The predicted octanol–water partition coefficient (Wildman–Crippen LogP) is -1.09. The van der Waals surface area contributed by atoms with Crippen LogP contribution in [0.2, 0.25) is 0 Å². The van der Waals surface area contributed by atoms with Crippen molar-refractivity contribution in [2.75, 3.05) is 46.9 Å². The summed E-state index contributed by atoms with van der Waals surface area (Å²) in [5.41, 5.74) is 0.364. The zero-order chi connectivity index (χ0) is 20.3. The van der Waals surface area contributed by atoms with Crippen molar-refractivity contribution in [3.05, 3.63) is 29.8 Å². The smallest absolute Gasteiger partial charge is 0.337 e. The van der Waals surface area contributed by atoms with Gasteiger partial charge in [-0.2, -0.15) is 0 Å². The third-order valence-electron chi connectivity index (χ3n) is 5.23. The maximum absolute atomic E-state index is 11.5. The van der Waals surface area contributed by atoms with Crippen molar-refractivity contribution >= 4 is 5.97 Å². The fourth-order valence-corrected chi connectivity index (χ4v) is 3.37. The van der Waals surface area contributed by atoms with Gasteiger partial charge in [0.25, 0.3) is 0 Å². The van der Waals surface area contributed by atoms with Gasteiger partial charge in [-0.05, 0) is 31.3 Å². The summed E-state index contributed by atoms with van der Waals surface area (Å²) in [5.74, 6) is -0.107. The summed E-state index contributed by atoms with van der Waals surface area (Å²) >= 11 is 0. The molecule has 2 fully saturated rings. The summed E-state index contributed by atoms with van der Waals surface area (Å²) in [6.07, 6.45) is -5.83. The molecule has 0 radical (unpaired) electrons. The van der Waals surface area contributed by atoms with E-state index in [4.69, 9.17) is 9.47 Å². The Morgan fingerprint density at radius 3 is 2.32 bits per heavy atom. The van der Waals surface area contributed by atoms with Crippen molar-refractivity contribution in [2.24, 2.45) is 0 Å². The average molecular weight is 396 g/mol. The van der Waals surface area contributed by atoms with Crippen LogP contribution in [0.5, 0.6) is 5.75 Å². The standard InChI is InChI=1S/C19H28N2O7/c1-20-7-9-21(10-8-20)11-14-15(22)16(23)17(24)19(28-14)27-13-5-3-12(4-6-13)18(25)26-2/h3-6,14-17,19,22-24H,7-11H2,1-2H3/t14-,15-,16+,17+,19?/m1/s1. The van der Waals surface area contributed by atoms with Crippen molar-refractivity contribution in [1.29, 1.82) is 0 Å². The van der Waals surface area contributed by atoms with Crippen LogP contribution in [0.4, 0.5) is 0 Å². The summed E-state index contributed by atoms with van der Waals surface area (Å²) in [4.78, 5) is 15.9. The Labute approximate surface area is 164 Å². The van der Waals surface area contributed by atoms with E-state index in [0.717, 1.165) is 26.2 Å². The van der Waals surface area contributed by atoms with Gasteiger partial charge in [0.05, 0.1) is 12.7 Å². The summed E-state index contributed by atoms with van der Waals surface area (Å²) < 4.78 is 16.1. The molecule has 2 saturated heterocycles. The van der Waals surface area contributed by atoms with Crippen LogP contribution in [0.1, 0.15) is 10.4 Å². The number of carbonyl (C=O) groups is 1. The van der Waals surface area contributed by atoms with E-state index in [0.29, 0.717) is 17.9 Å². The zero-order valence-corrected chi connectivity index (χ0v) is 16.1. The van der Waals surface area contributed by atoms with E-state index in [1.54, 1.807) is 12.1 Å². The van der Waals surface area contributed by atoms with Crippen molar-refractivity contribution in [1.82, 2.24) is 9.80 Å². The number of methoxy groups -OCH3 is 1. The van der Waals surface area contributed by atoms with E-state index in [1.165, 1.54) is 19.2 Å². The Morgan fingerprint density at radius 1 is 1.07 bits per heavy atom.